The Morgan fingerprint density at radius 1 is 1.23 bits per heavy atom. The molecule has 26 heavy (non-hydrogen) atoms. The van der Waals surface area contributed by atoms with Gasteiger partial charge < -0.3 is 15.4 Å². The van der Waals surface area contributed by atoms with Crippen molar-refractivity contribution in [1.29, 1.82) is 0 Å². The molecule has 1 aromatic carbocycles. The topological polar surface area (TPSA) is 99.2 Å². The molecule has 0 radical (unpaired) electrons. The van der Waals surface area contributed by atoms with Gasteiger partial charge in [-0.25, -0.2) is 19.4 Å². The summed E-state index contributed by atoms with van der Waals surface area (Å²) in [4.78, 5) is 22.4. The summed E-state index contributed by atoms with van der Waals surface area (Å²) in [6.45, 7) is 3.83. The molecule has 2 aromatic heterocycles. The van der Waals surface area contributed by atoms with Crippen LogP contribution >= 0.6 is 0 Å². The normalized spacial score (nSPS) is 10.6. The molecular weight excluding hydrogens is 332 g/mol. The fourth-order valence-electron chi connectivity index (χ4n) is 2.82. The van der Waals surface area contributed by atoms with Gasteiger partial charge >= 0.3 is 5.97 Å². The number of esters is 1. The number of benzene rings is 1. The lowest BCUT2D eigenvalue weighted by Gasteiger charge is -2.22. The monoisotopic (exact) mass is 352 g/mol. The summed E-state index contributed by atoms with van der Waals surface area (Å²) in [7, 11) is 3.13. The Balaban J connectivity index is 2.10. The molecule has 0 unspecified atom stereocenters. The summed E-state index contributed by atoms with van der Waals surface area (Å²) in [5.41, 5.74) is 9.54. The van der Waals surface area contributed by atoms with Gasteiger partial charge in [-0.15, -0.1) is 0 Å². The van der Waals surface area contributed by atoms with Gasteiger partial charge in [0, 0.05) is 12.7 Å². The van der Waals surface area contributed by atoms with E-state index in [1.807, 2.05) is 26.0 Å². The van der Waals surface area contributed by atoms with Crippen LogP contribution in [0.5, 0.6) is 0 Å². The van der Waals surface area contributed by atoms with Crippen molar-refractivity contribution in [2.75, 3.05) is 24.8 Å². The molecule has 0 bridgehead atoms. The van der Waals surface area contributed by atoms with Gasteiger partial charge in [0.15, 0.2) is 11.6 Å². The summed E-state index contributed by atoms with van der Waals surface area (Å²) in [6, 6.07) is 9.04. The number of anilines is 3. The third-order valence-corrected chi connectivity index (χ3v) is 4.04. The van der Waals surface area contributed by atoms with Crippen LogP contribution in [0.1, 0.15) is 21.7 Å². The van der Waals surface area contributed by atoms with E-state index in [2.05, 4.69) is 15.1 Å². The third kappa shape index (κ3) is 2.97. The van der Waals surface area contributed by atoms with Crippen molar-refractivity contribution in [1.82, 2.24) is 19.7 Å². The second-order valence-electron chi connectivity index (χ2n) is 5.84. The van der Waals surface area contributed by atoms with Crippen LogP contribution in [-0.4, -0.2) is 39.9 Å². The minimum Gasteiger partial charge on any atom is -0.465 e. The summed E-state index contributed by atoms with van der Waals surface area (Å²) < 4.78 is 6.54. The van der Waals surface area contributed by atoms with E-state index in [4.69, 9.17) is 10.5 Å². The van der Waals surface area contributed by atoms with E-state index in [0.29, 0.717) is 28.6 Å². The first-order valence-corrected chi connectivity index (χ1v) is 7.99. The Morgan fingerprint density at radius 2 is 1.96 bits per heavy atom. The quantitative estimate of drug-likeness (QED) is 0.720. The molecule has 134 valence electrons. The highest BCUT2D eigenvalue weighted by Crippen LogP contribution is 2.32. The van der Waals surface area contributed by atoms with E-state index in [-0.39, 0.29) is 0 Å². The Bertz CT molecular complexity index is 966. The number of methoxy groups -OCH3 is 1. The summed E-state index contributed by atoms with van der Waals surface area (Å²) >= 11 is 0. The molecule has 8 heteroatoms. The van der Waals surface area contributed by atoms with Gasteiger partial charge in [-0.2, -0.15) is 5.10 Å². The lowest BCUT2D eigenvalue weighted by Crippen LogP contribution is -2.19. The molecular formula is C18H20N6O2. The van der Waals surface area contributed by atoms with Gasteiger partial charge in [-0.1, -0.05) is 12.1 Å². The number of aryl methyl sites for hydroxylation is 2. The van der Waals surface area contributed by atoms with Crippen molar-refractivity contribution in [2.24, 2.45) is 0 Å². The lowest BCUT2D eigenvalue weighted by atomic mass is 10.1. The maximum Gasteiger partial charge on any atom is 0.339 e. The van der Waals surface area contributed by atoms with E-state index in [1.165, 1.54) is 13.4 Å². The number of aromatic nitrogens is 4. The number of hydrogen-bond acceptors (Lipinski definition) is 7. The summed E-state index contributed by atoms with van der Waals surface area (Å²) in [6.07, 6.45) is 1.43. The third-order valence-electron chi connectivity index (χ3n) is 4.04. The zero-order valence-electron chi connectivity index (χ0n) is 15.1. The molecule has 2 heterocycles. The van der Waals surface area contributed by atoms with Gasteiger partial charge in [0.05, 0.1) is 24.1 Å². The molecule has 8 nitrogen and oxygen atoms in total. The Hall–Kier alpha value is -3.42. The van der Waals surface area contributed by atoms with Crippen LogP contribution in [0.3, 0.4) is 0 Å². The van der Waals surface area contributed by atoms with Crippen molar-refractivity contribution in [3.05, 3.63) is 53.6 Å². The standard InChI is InChI=1S/C18H20N6O2/c1-11-9-12(2)24(22-11)17-15(19)16(20-10-21-17)23(3)14-8-6-5-7-13(14)18(25)26-4/h5-10H,19H2,1-4H3. The predicted octanol–water partition coefficient (Wildman–Crippen LogP) is 2.42. The van der Waals surface area contributed by atoms with E-state index in [9.17, 15) is 4.79 Å². The second-order valence-corrected chi connectivity index (χ2v) is 5.84. The van der Waals surface area contributed by atoms with E-state index < -0.39 is 5.97 Å². The molecule has 2 N–H and O–H groups in total. The van der Waals surface area contributed by atoms with Crippen LogP contribution in [0.25, 0.3) is 5.82 Å². The predicted molar refractivity (Wildman–Crippen MR) is 98.9 cm³/mol. The first-order chi connectivity index (χ1) is 12.4. The minimum absolute atomic E-state index is 0.362. The maximum atomic E-state index is 12.1. The molecule has 0 spiro atoms. The Labute approximate surface area is 151 Å². The van der Waals surface area contributed by atoms with E-state index in [0.717, 1.165) is 11.4 Å². The molecule has 0 atom stereocenters. The highest BCUT2D eigenvalue weighted by Gasteiger charge is 2.20. The van der Waals surface area contributed by atoms with Gasteiger partial charge in [0.2, 0.25) is 0 Å². The fraction of sp³-hybridized carbons (Fsp3) is 0.222. The molecule has 3 aromatic rings. The SMILES string of the molecule is COC(=O)c1ccccc1N(C)c1ncnc(-n2nc(C)cc2C)c1N. The van der Waals surface area contributed by atoms with Crippen LogP contribution in [0, 0.1) is 13.8 Å². The van der Waals surface area contributed by atoms with Crippen molar-refractivity contribution in [2.45, 2.75) is 13.8 Å². The van der Waals surface area contributed by atoms with Crippen LogP contribution in [0.2, 0.25) is 0 Å². The summed E-state index contributed by atoms with van der Waals surface area (Å²) in [5.74, 6) is 0.528. The van der Waals surface area contributed by atoms with Gasteiger partial charge in [0.25, 0.3) is 0 Å². The van der Waals surface area contributed by atoms with Crippen LogP contribution < -0.4 is 10.6 Å². The van der Waals surface area contributed by atoms with Crippen LogP contribution in [0.4, 0.5) is 17.2 Å². The van der Waals surface area contributed by atoms with Crippen molar-refractivity contribution >= 4 is 23.2 Å². The number of carbonyl (C=O) groups excluding carboxylic acids is 1. The molecule has 0 aliphatic carbocycles. The highest BCUT2D eigenvalue weighted by atomic mass is 16.5. The molecule has 0 aliphatic rings. The van der Waals surface area contributed by atoms with Crippen molar-refractivity contribution in [3.63, 3.8) is 0 Å². The number of nitrogen functional groups attached to an aromatic ring is 1. The highest BCUT2D eigenvalue weighted by molar-refractivity contribution is 5.97. The molecule has 0 aliphatic heterocycles. The largest absolute Gasteiger partial charge is 0.465 e. The molecule has 0 saturated heterocycles. The molecule has 3 rings (SSSR count). The van der Waals surface area contributed by atoms with E-state index >= 15 is 0 Å². The average Bonchev–Trinajstić information content (AvgIpc) is 2.98. The fourth-order valence-corrected chi connectivity index (χ4v) is 2.82. The number of rotatable bonds is 4. The molecule has 0 amide bonds. The molecule has 0 saturated carbocycles. The zero-order chi connectivity index (χ0) is 18.8. The second kappa shape index (κ2) is 6.83. The first-order valence-electron chi connectivity index (χ1n) is 7.99. The number of nitrogens with two attached hydrogens (primary N) is 1. The molecule has 0 fully saturated rings. The van der Waals surface area contributed by atoms with Crippen LogP contribution in [-0.2, 0) is 4.74 Å². The maximum absolute atomic E-state index is 12.1. The number of para-hydroxylation sites is 1. The Kier molecular flexibility index (Phi) is 4.57. The smallest absolute Gasteiger partial charge is 0.339 e. The number of hydrogen-bond donors (Lipinski definition) is 1. The minimum atomic E-state index is -0.432. The van der Waals surface area contributed by atoms with Gasteiger partial charge in [-0.05, 0) is 32.0 Å². The van der Waals surface area contributed by atoms with Crippen LogP contribution in [0.15, 0.2) is 36.7 Å². The number of carbonyl (C=O) groups is 1. The van der Waals surface area contributed by atoms with Gasteiger partial charge in [-0.3, -0.25) is 0 Å². The van der Waals surface area contributed by atoms with Gasteiger partial charge in [0.1, 0.15) is 12.0 Å². The summed E-state index contributed by atoms with van der Waals surface area (Å²) in [5, 5.41) is 4.43. The number of nitrogens with zero attached hydrogens (tertiary/aromatic N) is 5. The zero-order valence-corrected chi connectivity index (χ0v) is 15.1. The average molecular weight is 352 g/mol. The number of ether oxygens (including phenoxy) is 1. The van der Waals surface area contributed by atoms with Crippen molar-refractivity contribution in [3.8, 4) is 5.82 Å². The lowest BCUT2D eigenvalue weighted by molar-refractivity contribution is 0.0601. The first kappa shape index (κ1) is 17.4. The Morgan fingerprint density at radius 3 is 2.62 bits per heavy atom. The van der Waals surface area contributed by atoms with E-state index in [1.54, 1.807) is 34.8 Å². The van der Waals surface area contributed by atoms with Crippen molar-refractivity contribution < 1.29 is 9.53 Å².